The second kappa shape index (κ2) is 10.2. The van der Waals surface area contributed by atoms with Crippen LogP contribution in [-0.2, 0) is 0 Å². The average molecular weight is 577 g/mol. The fraction of sp³-hybridized carbons (Fsp3) is 0. The molecule has 0 aliphatic rings. The van der Waals surface area contributed by atoms with Gasteiger partial charge >= 0.3 is 0 Å². The van der Waals surface area contributed by atoms with Crippen LogP contribution in [0.4, 0.5) is 0 Å². The normalized spacial score (nSPS) is 11.6. The van der Waals surface area contributed by atoms with E-state index in [1.807, 2.05) is 67.0 Å². The summed E-state index contributed by atoms with van der Waals surface area (Å²) in [6, 6.07) is 45.6. The Labute approximate surface area is 258 Å². The predicted molar refractivity (Wildman–Crippen MR) is 182 cm³/mol. The van der Waals surface area contributed by atoms with Crippen molar-refractivity contribution in [3.8, 4) is 45.3 Å². The Morgan fingerprint density at radius 3 is 1.93 bits per heavy atom. The standard InChI is InChI=1S/C40H24N4O/c1-3-10-26(11-4-1)32-17-18-33(36-34-22-29-19-20-41-24-31(29)23-35(34)45-37(32)36)40-43-38(27-12-5-2-6-13-27)42-39(44-40)30-16-15-25-9-7-8-14-28(25)21-30/h1-24H. The molecular formula is C40H24N4O. The summed E-state index contributed by atoms with van der Waals surface area (Å²) in [5.41, 5.74) is 6.43. The van der Waals surface area contributed by atoms with Crippen molar-refractivity contribution in [1.82, 2.24) is 19.9 Å². The first-order valence-electron chi connectivity index (χ1n) is 14.9. The van der Waals surface area contributed by atoms with E-state index in [2.05, 4.69) is 83.8 Å². The van der Waals surface area contributed by atoms with Gasteiger partial charge in [-0.05, 0) is 58.1 Å². The lowest BCUT2D eigenvalue weighted by Gasteiger charge is -2.11. The number of nitrogens with zero attached hydrogens (tertiary/aromatic N) is 4. The van der Waals surface area contributed by atoms with Gasteiger partial charge in [-0.2, -0.15) is 0 Å². The zero-order chi connectivity index (χ0) is 29.7. The molecule has 0 N–H and O–H groups in total. The first-order chi connectivity index (χ1) is 22.3. The van der Waals surface area contributed by atoms with Crippen molar-refractivity contribution in [2.75, 3.05) is 0 Å². The number of rotatable bonds is 4. The molecule has 9 aromatic rings. The molecule has 0 aliphatic heterocycles. The molecule has 0 radical (unpaired) electrons. The average Bonchev–Trinajstić information content (AvgIpc) is 3.49. The number of fused-ring (bicyclic) bond motifs is 5. The Bertz CT molecular complexity index is 2540. The summed E-state index contributed by atoms with van der Waals surface area (Å²) in [6.45, 7) is 0. The Kier molecular flexibility index (Phi) is 5.74. The number of benzene rings is 6. The van der Waals surface area contributed by atoms with Gasteiger partial charge in [-0.15, -0.1) is 0 Å². The van der Waals surface area contributed by atoms with E-state index in [1.165, 1.54) is 5.39 Å². The van der Waals surface area contributed by atoms with Gasteiger partial charge in [-0.1, -0.05) is 97.1 Å². The fourth-order valence-electron chi connectivity index (χ4n) is 6.16. The minimum absolute atomic E-state index is 0.592. The molecule has 6 aromatic carbocycles. The summed E-state index contributed by atoms with van der Waals surface area (Å²) in [7, 11) is 0. The first-order valence-corrected chi connectivity index (χ1v) is 14.9. The van der Waals surface area contributed by atoms with E-state index >= 15 is 0 Å². The van der Waals surface area contributed by atoms with Gasteiger partial charge in [0.2, 0.25) is 0 Å². The number of aromatic nitrogens is 4. The highest BCUT2D eigenvalue weighted by Gasteiger charge is 2.21. The monoisotopic (exact) mass is 576 g/mol. The summed E-state index contributed by atoms with van der Waals surface area (Å²) in [5, 5.41) is 6.40. The van der Waals surface area contributed by atoms with E-state index in [0.29, 0.717) is 17.5 Å². The van der Waals surface area contributed by atoms with Crippen molar-refractivity contribution >= 4 is 43.5 Å². The van der Waals surface area contributed by atoms with Gasteiger partial charge in [0.25, 0.3) is 0 Å². The van der Waals surface area contributed by atoms with Crippen molar-refractivity contribution in [3.05, 3.63) is 146 Å². The van der Waals surface area contributed by atoms with Crippen molar-refractivity contribution < 1.29 is 4.42 Å². The van der Waals surface area contributed by atoms with Crippen LogP contribution >= 0.6 is 0 Å². The van der Waals surface area contributed by atoms with Crippen LogP contribution in [-0.4, -0.2) is 19.9 Å². The molecule has 0 amide bonds. The predicted octanol–water partition coefficient (Wildman–Crippen LogP) is 10.1. The van der Waals surface area contributed by atoms with Crippen LogP contribution in [0, 0.1) is 0 Å². The number of pyridine rings is 1. The molecule has 0 spiro atoms. The molecule has 0 saturated carbocycles. The van der Waals surface area contributed by atoms with Gasteiger partial charge in [-0.25, -0.2) is 15.0 Å². The number of furan rings is 1. The molecule has 0 fully saturated rings. The minimum atomic E-state index is 0.592. The second-order valence-corrected chi connectivity index (χ2v) is 11.1. The third-order valence-corrected chi connectivity index (χ3v) is 8.38. The third-order valence-electron chi connectivity index (χ3n) is 8.38. The highest BCUT2D eigenvalue weighted by atomic mass is 16.3. The number of hydrogen-bond acceptors (Lipinski definition) is 5. The lowest BCUT2D eigenvalue weighted by atomic mass is 9.97. The molecular weight excluding hydrogens is 552 g/mol. The van der Waals surface area contributed by atoms with E-state index < -0.39 is 0 Å². The summed E-state index contributed by atoms with van der Waals surface area (Å²) < 4.78 is 6.69. The van der Waals surface area contributed by atoms with E-state index in [4.69, 9.17) is 19.4 Å². The van der Waals surface area contributed by atoms with Crippen molar-refractivity contribution in [1.29, 1.82) is 0 Å². The highest BCUT2D eigenvalue weighted by Crippen LogP contribution is 2.42. The highest BCUT2D eigenvalue weighted by molar-refractivity contribution is 6.18. The van der Waals surface area contributed by atoms with Gasteiger partial charge in [-0.3, -0.25) is 4.98 Å². The molecule has 210 valence electrons. The topological polar surface area (TPSA) is 64.7 Å². The second-order valence-electron chi connectivity index (χ2n) is 11.1. The van der Waals surface area contributed by atoms with Crippen molar-refractivity contribution in [2.45, 2.75) is 0 Å². The maximum absolute atomic E-state index is 6.69. The van der Waals surface area contributed by atoms with Gasteiger partial charge in [0.15, 0.2) is 17.5 Å². The third kappa shape index (κ3) is 4.33. The Morgan fingerprint density at radius 2 is 1.11 bits per heavy atom. The molecule has 0 bridgehead atoms. The SMILES string of the molecule is c1ccc(-c2nc(-c3ccc4ccccc4c3)nc(-c3ccc(-c4ccccc4)c4oc5cc6cnccc6cc5c34)n2)cc1. The summed E-state index contributed by atoms with van der Waals surface area (Å²) in [4.78, 5) is 19.5. The molecule has 0 unspecified atom stereocenters. The summed E-state index contributed by atoms with van der Waals surface area (Å²) >= 11 is 0. The molecule has 0 saturated heterocycles. The maximum Gasteiger partial charge on any atom is 0.164 e. The lowest BCUT2D eigenvalue weighted by Crippen LogP contribution is -2.00. The van der Waals surface area contributed by atoms with Crippen LogP contribution in [0.25, 0.3) is 88.8 Å². The van der Waals surface area contributed by atoms with Crippen LogP contribution in [0.3, 0.4) is 0 Å². The molecule has 5 heteroatoms. The largest absolute Gasteiger partial charge is 0.455 e. The quantitative estimate of drug-likeness (QED) is 0.209. The van der Waals surface area contributed by atoms with Gasteiger partial charge < -0.3 is 4.42 Å². The molecule has 5 nitrogen and oxygen atoms in total. The van der Waals surface area contributed by atoms with Crippen LogP contribution in [0.5, 0.6) is 0 Å². The molecule has 0 aliphatic carbocycles. The van der Waals surface area contributed by atoms with E-state index in [9.17, 15) is 0 Å². The lowest BCUT2D eigenvalue weighted by molar-refractivity contribution is 0.670. The first kappa shape index (κ1) is 25.3. The zero-order valence-electron chi connectivity index (χ0n) is 24.1. The zero-order valence-corrected chi connectivity index (χ0v) is 24.1. The van der Waals surface area contributed by atoms with Gasteiger partial charge in [0, 0.05) is 50.8 Å². The maximum atomic E-state index is 6.69. The van der Waals surface area contributed by atoms with Crippen molar-refractivity contribution in [2.24, 2.45) is 0 Å². The molecule has 3 aromatic heterocycles. The number of hydrogen-bond donors (Lipinski definition) is 0. The van der Waals surface area contributed by atoms with Crippen LogP contribution in [0.15, 0.2) is 150 Å². The Morgan fingerprint density at radius 1 is 0.444 bits per heavy atom. The van der Waals surface area contributed by atoms with Gasteiger partial charge in [0.1, 0.15) is 11.2 Å². The van der Waals surface area contributed by atoms with E-state index in [-0.39, 0.29) is 0 Å². The summed E-state index contributed by atoms with van der Waals surface area (Å²) in [5.74, 6) is 1.83. The minimum Gasteiger partial charge on any atom is -0.455 e. The summed E-state index contributed by atoms with van der Waals surface area (Å²) in [6.07, 6.45) is 3.69. The van der Waals surface area contributed by atoms with E-state index in [0.717, 1.165) is 65.9 Å². The van der Waals surface area contributed by atoms with Crippen molar-refractivity contribution in [3.63, 3.8) is 0 Å². The fourth-order valence-corrected chi connectivity index (χ4v) is 6.16. The Hall–Kier alpha value is -6.20. The van der Waals surface area contributed by atoms with Gasteiger partial charge in [0.05, 0.1) is 0 Å². The van der Waals surface area contributed by atoms with Crippen LogP contribution in [0.1, 0.15) is 0 Å². The molecule has 3 heterocycles. The Balaban J connectivity index is 1.35. The molecule has 45 heavy (non-hydrogen) atoms. The van der Waals surface area contributed by atoms with E-state index in [1.54, 1.807) is 0 Å². The van der Waals surface area contributed by atoms with Crippen LogP contribution in [0.2, 0.25) is 0 Å². The smallest absolute Gasteiger partial charge is 0.164 e. The molecule has 0 atom stereocenters. The molecule has 9 rings (SSSR count). The van der Waals surface area contributed by atoms with Crippen LogP contribution < -0.4 is 0 Å².